The minimum absolute atomic E-state index is 0.180. The Morgan fingerprint density at radius 1 is 1.33 bits per heavy atom. The van der Waals surface area contributed by atoms with Gasteiger partial charge in [0.25, 0.3) is 11.8 Å². The molecule has 1 unspecified atom stereocenters. The predicted octanol–water partition coefficient (Wildman–Crippen LogP) is 1.87. The lowest BCUT2D eigenvalue weighted by molar-refractivity contribution is -0.131. The number of hydrogen-bond donors (Lipinski definition) is 3. The number of aromatic amines is 1. The number of nitrogens with one attached hydrogen (secondary N) is 3. The van der Waals surface area contributed by atoms with Crippen LogP contribution in [0.1, 0.15) is 22.5 Å². The molecule has 0 spiro atoms. The predicted molar refractivity (Wildman–Crippen MR) is 86.5 cm³/mol. The maximum absolute atomic E-state index is 13.2. The van der Waals surface area contributed by atoms with Crippen LogP contribution in [-0.2, 0) is 9.63 Å². The Balaban J connectivity index is 1.53. The summed E-state index contributed by atoms with van der Waals surface area (Å²) in [6.45, 7) is 0. The number of aromatic nitrogens is 1. The third-order valence-electron chi connectivity index (χ3n) is 3.31. The van der Waals surface area contributed by atoms with Crippen molar-refractivity contribution in [2.45, 2.75) is 12.5 Å². The summed E-state index contributed by atoms with van der Waals surface area (Å²) in [5.74, 6) is -1.45. The van der Waals surface area contributed by atoms with Crippen molar-refractivity contribution in [1.82, 2.24) is 15.8 Å². The van der Waals surface area contributed by atoms with Gasteiger partial charge in [-0.15, -0.1) is 0 Å². The maximum Gasteiger partial charge on any atom is 0.286 e. The standard InChI is InChI=1S/C15H12BrFN4O3/c16-9-5-12(18-7-9)14(22)19-20-15(23)13-6-11(21-24-13)8-2-1-3-10(17)4-8/h1-5,7,13,18H,6H2,(H,19,22)(H,20,23). The van der Waals surface area contributed by atoms with Crippen molar-refractivity contribution in [1.29, 1.82) is 0 Å². The van der Waals surface area contributed by atoms with Crippen LogP contribution in [-0.4, -0.2) is 28.6 Å². The number of H-pyrrole nitrogens is 1. The van der Waals surface area contributed by atoms with Crippen LogP contribution in [0, 0.1) is 5.82 Å². The van der Waals surface area contributed by atoms with E-state index < -0.39 is 23.7 Å². The molecular weight excluding hydrogens is 383 g/mol. The summed E-state index contributed by atoms with van der Waals surface area (Å²) in [6.07, 6.45) is 0.883. The lowest BCUT2D eigenvalue weighted by Gasteiger charge is -2.10. The number of carbonyl (C=O) groups is 2. The van der Waals surface area contributed by atoms with E-state index in [4.69, 9.17) is 4.84 Å². The number of benzene rings is 1. The number of carbonyl (C=O) groups excluding carboxylic acids is 2. The van der Waals surface area contributed by atoms with Gasteiger partial charge in [-0.2, -0.15) is 0 Å². The van der Waals surface area contributed by atoms with Crippen molar-refractivity contribution in [3.63, 3.8) is 0 Å². The van der Waals surface area contributed by atoms with E-state index in [0.29, 0.717) is 15.7 Å². The normalized spacial score (nSPS) is 16.2. The van der Waals surface area contributed by atoms with Crippen LogP contribution in [0.4, 0.5) is 4.39 Å². The number of oxime groups is 1. The molecule has 0 bridgehead atoms. The summed E-state index contributed by atoms with van der Waals surface area (Å²) in [4.78, 5) is 31.6. The van der Waals surface area contributed by atoms with Gasteiger partial charge in [-0.25, -0.2) is 4.39 Å². The smallest absolute Gasteiger partial charge is 0.286 e. The van der Waals surface area contributed by atoms with Crippen LogP contribution in [0.3, 0.4) is 0 Å². The molecule has 24 heavy (non-hydrogen) atoms. The van der Waals surface area contributed by atoms with E-state index in [1.54, 1.807) is 24.4 Å². The van der Waals surface area contributed by atoms with Crippen LogP contribution in [0.2, 0.25) is 0 Å². The van der Waals surface area contributed by atoms with E-state index >= 15 is 0 Å². The molecular formula is C15H12BrFN4O3. The number of hydrogen-bond acceptors (Lipinski definition) is 4. The average molecular weight is 395 g/mol. The van der Waals surface area contributed by atoms with Crippen molar-refractivity contribution in [2.75, 3.05) is 0 Å². The van der Waals surface area contributed by atoms with Crippen molar-refractivity contribution >= 4 is 33.5 Å². The monoisotopic (exact) mass is 394 g/mol. The second kappa shape index (κ2) is 6.83. The van der Waals surface area contributed by atoms with E-state index in [1.165, 1.54) is 12.1 Å². The molecule has 0 fully saturated rings. The van der Waals surface area contributed by atoms with Gasteiger partial charge in [-0.05, 0) is 34.1 Å². The van der Waals surface area contributed by atoms with E-state index in [-0.39, 0.29) is 12.1 Å². The highest BCUT2D eigenvalue weighted by Gasteiger charge is 2.29. The van der Waals surface area contributed by atoms with Gasteiger partial charge in [0, 0.05) is 22.7 Å². The molecule has 0 radical (unpaired) electrons. The summed E-state index contributed by atoms with van der Waals surface area (Å²) in [5.41, 5.74) is 5.84. The molecule has 3 N–H and O–H groups in total. The Hall–Kier alpha value is -2.68. The lowest BCUT2D eigenvalue weighted by atomic mass is 10.0. The number of hydrazine groups is 1. The van der Waals surface area contributed by atoms with E-state index in [9.17, 15) is 14.0 Å². The number of rotatable bonds is 3. The van der Waals surface area contributed by atoms with Crippen LogP contribution in [0.5, 0.6) is 0 Å². The molecule has 1 atom stereocenters. The number of nitrogens with zero attached hydrogens (tertiary/aromatic N) is 1. The van der Waals surface area contributed by atoms with E-state index in [1.807, 2.05) is 0 Å². The first kappa shape index (κ1) is 16.2. The third kappa shape index (κ3) is 3.62. The average Bonchev–Trinajstić information content (AvgIpc) is 3.21. The zero-order chi connectivity index (χ0) is 17.1. The minimum Gasteiger partial charge on any atom is -0.382 e. The molecule has 0 saturated carbocycles. The van der Waals surface area contributed by atoms with Crippen molar-refractivity contribution in [3.05, 3.63) is 58.1 Å². The summed E-state index contributed by atoms with van der Waals surface area (Å²) >= 11 is 3.21. The molecule has 0 aliphatic carbocycles. The summed E-state index contributed by atoms with van der Waals surface area (Å²) < 4.78 is 13.9. The van der Waals surface area contributed by atoms with Crippen LogP contribution >= 0.6 is 15.9 Å². The van der Waals surface area contributed by atoms with Crippen LogP contribution in [0.25, 0.3) is 0 Å². The summed E-state index contributed by atoms with van der Waals surface area (Å²) in [6, 6.07) is 7.43. The zero-order valence-corrected chi connectivity index (χ0v) is 13.8. The van der Waals surface area contributed by atoms with Crippen molar-refractivity contribution < 1.29 is 18.8 Å². The highest BCUT2D eigenvalue weighted by molar-refractivity contribution is 9.10. The topological polar surface area (TPSA) is 95.6 Å². The van der Waals surface area contributed by atoms with Crippen LogP contribution in [0.15, 0.2) is 46.2 Å². The van der Waals surface area contributed by atoms with Gasteiger partial charge in [0.05, 0.1) is 5.71 Å². The molecule has 2 amide bonds. The molecule has 1 aromatic heterocycles. The summed E-state index contributed by atoms with van der Waals surface area (Å²) in [5, 5.41) is 3.80. The van der Waals surface area contributed by atoms with Crippen molar-refractivity contribution in [2.24, 2.45) is 5.16 Å². The molecule has 0 saturated heterocycles. The van der Waals surface area contributed by atoms with Crippen LogP contribution < -0.4 is 10.9 Å². The highest BCUT2D eigenvalue weighted by Crippen LogP contribution is 2.17. The fourth-order valence-corrected chi connectivity index (χ4v) is 2.47. The van der Waals surface area contributed by atoms with Gasteiger partial charge in [-0.3, -0.25) is 20.4 Å². The molecule has 1 aliphatic rings. The maximum atomic E-state index is 13.2. The molecule has 2 heterocycles. The van der Waals surface area contributed by atoms with Gasteiger partial charge >= 0.3 is 0 Å². The Labute approximate surface area is 144 Å². The quantitative estimate of drug-likeness (QED) is 0.693. The van der Waals surface area contributed by atoms with Gasteiger partial charge in [-0.1, -0.05) is 17.3 Å². The fraction of sp³-hybridized carbons (Fsp3) is 0.133. The Kier molecular flexibility index (Phi) is 4.61. The molecule has 1 aromatic carbocycles. The summed E-state index contributed by atoms with van der Waals surface area (Å²) in [7, 11) is 0. The molecule has 9 heteroatoms. The zero-order valence-electron chi connectivity index (χ0n) is 12.2. The molecule has 7 nitrogen and oxygen atoms in total. The highest BCUT2D eigenvalue weighted by atomic mass is 79.9. The molecule has 2 aromatic rings. The molecule has 3 rings (SSSR count). The number of amides is 2. The number of halogens is 2. The molecule has 1 aliphatic heterocycles. The second-order valence-corrected chi connectivity index (χ2v) is 5.94. The Bertz CT molecular complexity index is 821. The van der Waals surface area contributed by atoms with Crippen molar-refractivity contribution in [3.8, 4) is 0 Å². The Morgan fingerprint density at radius 3 is 2.88 bits per heavy atom. The van der Waals surface area contributed by atoms with E-state index in [2.05, 4.69) is 36.9 Å². The lowest BCUT2D eigenvalue weighted by Crippen LogP contribution is -2.46. The third-order valence-corrected chi connectivity index (χ3v) is 3.77. The van der Waals surface area contributed by atoms with Gasteiger partial charge < -0.3 is 9.82 Å². The minimum atomic E-state index is -0.890. The first-order valence-corrected chi connectivity index (χ1v) is 7.75. The van der Waals surface area contributed by atoms with Gasteiger partial charge in [0.1, 0.15) is 11.5 Å². The molecule has 124 valence electrons. The Morgan fingerprint density at radius 2 is 2.17 bits per heavy atom. The largest absolute Gasteiger partial charge is 0.382 e. The van der Waals surface area contributed by atoms with Gasteiger partial charge in [0.2, 0.25) is 6.10 Å². The fourth-order valence-electron chi connectivity index (χ4n) is 2.12. The van der Waals surface area contributed by atoms with Gasteiger partial charge in [0.15, 0.2) is 0 Å². The van der Waals surface area contributed by atoms with E-state index in [0.717, 1.165) is 0 Å². The first-order valence-electron chi connectivity index (χ1n) is 6.95. The first-order chi connectivity index (χ1) is 11.5. The second-order valence-electron chi connectivity index (χ2n) is 5.02. The SMILES string of the molecule is O=C(NNC(=O)C1CC(c2cccc(F)c2)=NO1)c1cc(Br)c[nH]1.